The summed E-state index contributed by atoms with van der Waals surface area (Å²) in [6.45, 7) is -0.849. The average Bonchev–Trinajstić information content (AvgIpc) is 2.48. The molecule has 0 aliphatic heterocycles. The van der Waals surface area contributed by atoms with Crippen molar-refractivity contribution >= 4 is 17.8 Å². The van der Waals surface area contributed by atoms with Crippen molar-refractivity contribution in [2.45, 2.75) is 47.5 Å². The molecule has 0 fully saturated rings. The van der Waals surface area contributed by atoms with Crippen molar-refractivity contribution in [1.82, 2.24) is 0 Å². The smallest absolute Gasteiger partial charge is 0.211 e. The maximum absolute atomic E-state index is 13.3. The number of hydrogen-bond acceptors (Lipinski definition) is 3. The van der Waals surface area contributed by atoms with Crippen LogP contribution in [-0.2, 0) is 4.79 Å². The first-order chi connectivity index (χ1) is 12.5. The van der Waals surface area contributed by atoms with Crippen LogP contribution in [0.5, 0.6) is 0 Å². The Kier molecular flexibility index (Phi) is 7.71. The number of alkyl halides is 15. The van der Waals surface area contributed by atoms with Crippen LogP contribution in [0, 0.1) is 0 Å². The van der Waals surface area contributed by atoms with Crippen molar-refractivity contribution in [3.63, 3.8) is 0 Å². The molecule has 2 nitrogen and oxygen atoms in total. The largest absolute Gasteiger partial charge is 0.460 e. The van der Waals surface area contributed by atoms with E-state index in [-0.39, 0.29) is 0 Å². The average molecular weight is 485 g/mol. The number of hydrogen-bond donors (Lipinski definition) is 0. The molecule has 0 rings (SSSR count). The third-order valence-corrected chi connectivity index (χ3v) is 3.96. The predicted molar refractivity (Wildman–Crippen MR) is 65.8 cm³/mol. The van der Waals surface area contributed by atoms with Gasteiger partial charge < -0.3 is 0 Å². The van der Waals surface area contributed by atoms with Crippen molar-refractivity contribution in [3.8, 4) is 0 Å². The summed E-state index contributed by atoms with van der Waals surface area (Å²) in [6, 6.07) is 0. The summed E-state index contributed by atoms with van der Waals surface area (Å²) in [5, 5.41) is -5.09. The van der Waals surface area contributed by atoms with Gasteiger partial charge in [0.05, 0.1) is 13.0 Å². The highest BCUT2D eigenvalue weighted by Gasteiger charge is 2.91. The molecular formula is C11H6F15NOS. The number of halogens is 15. The lowest BCUT2D eigenvalue weighted by Crippen LogP contribution is -2.70. The fourth-order valence-electron chi connectivity index (χ4n) is 1.51. The number of nitrogens with zero attached hydrogens (tertiary/aromatic N) is 1. The van der Waals surface area contributed by atoms with Crippen LogP contribution in [0.25, 0.3) is 0 Å². The lowest BCUT2D eigenvalue weighted by molar-refractivity contribution is -0.441. The van der Waals surface area contributed by atoms with Crippen molar-refractivity contribution in [1.29, 1.82) is 0 Å². The number of carbonyl (C=O) groups excluding carboxylic acids is 1. The van der Waals surface area contributed by atoms with E-state index in [0.717, 1.165) is 6.08 Å². The van der Waals surface area contributed by atoms with Gasteiger partial charge in [0.15, 0.2) is 0 Å². The van der Waals surface area contributed by atoms with E-state index < -0.39 is 71.5 Å². The number of rotatable bonds is 10. The molecule has 0 bridgehead atoms. The fraction of sp³-hybridized carbons (Fsp3) is 0.909. The first kappa shape index (κ1) is 27.7. The molecule has 18 heteroatoms. The first-order valence-electron chi connectivity index (χ1n) is 6.53. The van der Waals surface area contributed by atoms with Gasteiger partial charge in [-0.1, -0.05) is 11.8 Å². The Hall–Kier alpha value is -1.32. The second kappa shape index (κ2) is 8.07. The summed E-state index contributed by atoms with van der Waals surface area (Å²) in [4.78, 5) is 12.3. The van der Waals surface area contributed by atoms with Gasteiger partial charge in [-0.25, -0.2) is 9.79 Å². The molecule has 0 amide bonds. The minimum atomic E-state index is -8.15. The van der Waals surface area contributed by atoms with E-state index in [1.165, 1.54) is 0 Å². The van der Waals surface area contributed by atoms with E-state index in [1.807, 2.05) is 0 Å². The van der Waals surface area contributed by atoms with Gasteiger partial charge in [-0.15, -0.1) is 0 Å². The fourth-order valence-corrected chi connectivity index (χ4v) is 2.27. The second-order valence-corrected chi connectivity index (χ2v) is 6.43. The Bertz CT molecular complexity index is 622. The lowest BCUT2D eigenvalue weighted by Gasteiger charge is -2.40. The standard InChI is InChI=1S/C11H6F15NOS/c12-5(13,3-6(14,15)29-2-1-27-4-28)7(16,17)8(18,19)9(20,21)10(22,23)11(24,25)26/h1-3H2. The van der Waals surface area contributed by atoms with Crippen LogP contribution >= 0.6 is 11.8 Å². The molecule has 0 radical (unpaired) electrons. The van der Waals surface area contributed by atoms with Gasteiger partial charge in [0.2, 0.25) is 6.08 Å². The van der Waals surface area contributed by atoms with Crippen molar-refractivity contribution < 1.29 is 70.7 Å². The minimum absolute atomic E-state index is 0.792. The topological polar surface area (TPSA) is 29.4 Å². The van der Waals surface area contributed by atoms with Crippen molar-refractivity contribution in [2.24, 2.45) is 4.99 Å². The lowest BCUT2D eigenvalue weighted by atomic mass is 9.92. The Labute approximate surface area is 154 Å². The normalized spacial score (nSPS) is 15.3. The van der Waals surface area contributed by atoms with E-state index in [2.05, 4.69) is 4.99 Å². The summed E-state index contributed by atoms with van der Waals surface area (Å²) in [7, 11) is 0. The molecule has 172 valence electrons. The molecule has 0 aromatic heterocycles. The Morgan fingerprint density at radius 2 is 1.07 bits per heavy atom. The highest BCUT2D eigenvalue weighted by atomic mass is 32.2. The minimum Gasteiger partial charge on any atom is -0.211 e. The summed E-state index contributed by atoms with van der Waals surface area (Å²) in [5.74, 6) is -39.9. The third-order valence-electron chi connectivity index (χ3n) is 3.01. The molecule has 0 saturated heterocycles. The Balaban J connectivity index is 5.95. The van der Waals surface area contributed by atoms with Crippen molar-refractivity contribution in [3.05, 3.63) is 0 Å². The van der Waals surface area contributed by atoms with Crippen LogP contribution in [0.2, 0.25) is 0 Å². The summed E-state index contributed by atoms with van der Waals surface area (Å²) in [5.41, 5.74) is 0. The Morgan fingerprint density at radius 1 is 0.655 bits per heavy atom. The van der Waals surface area contributed by atoms with E-state index in [4.69, 9.17) is 0 Å². The molecule has 0 atom stereocenters. The van der Waals surface area contributed by atoms with Gasteiger partial charge in [0, 0.05) is 5.75 Å². The molecular weight excluding hydrogens is 479 g/mol. The van der Waals surface area contributed by atoms with Gasteiger partial charge in [-0.3, -0.25) is 0 Å². The molecule has 0 aliphatic rings. The number of isocyanates is 1. The monoisotopic (exact) mass is 485 g/mol. The molecule has 0 aliphatic carbocycles. The van der Waals surface area contributed by atoms with E-state index in [0.29, 0.717) is 0 Å². The van der Waals surface area contributed by atoms with Crippen LogP contribution < -0.4 is 0 Å². The highest BCUT2D eigenvalue weighted by molar-refractivity contribution is 8.00. The summed E-state index contributed by atoms with van der Waals surface area (Å²) >= 11 is -0.990. The van der Waals surface area contributed by atoms with Gasteiger partial charge in [0.25, 0.3) is 5.25 Å². The molecule has 0 unspecified atom stereocenters. The quantitative estimate of drug-likeness (QED) is 0.170. The van der Waals surface area contributed by atoms with Crippen LogP contribution in [0.1, 0.15) is 6.42 Å². The van der Waals surface area contributed by atoms with Gasteiger partial charge >= 0.3 is 35.8 Å². The van der Waals surface area contributed by atoms with Gasteiger partial charge in [-0.05, 0) is 0 Å². The van der Waals surface area contributed by atoms with Crippen LogP contribution in [0.4, 0.5) is 65.9 Å². The molecule has 0 aromatic carbocycles. The van der Waals surface area contributed by atoms with Gasteiger partial charge in [0.1, 0.15) is 0 Å². The number of aliphatic imine (C=N–C) groups is 1. The summed E-state index contributed by atoms with van der Waals surface area (Å²) < 4.78 is 193. The molecule has 0 saturated carbocycles. The maximum Gasteiger partial charge on any atom is 0.460 e. The first-order valence-corrected chi connectivity index (χ1v) is 7.51. The zero-order valence-corrected chi connectivity index (χ0v) is 13.9. The van der Waals surface area contributed by atoms with Crippen LogP contribution in [-0.4, -0.2) is 59.4 Å². The third kappa shape index (κ3) is 5.06. The molecule has 0 heterocycles. The van der Waals surface area contributed by atoms with E-state index >= 15 is 0 Å². The maximum atomic E-state index is 13.3. The molecule has 0 aromatic rings. The number of thioether (sulfide) groups is 1. The van der Waals surface area contributed by atoms with E-state index in [1.54, 1.807) is 0 Å². The highest BCUT2D eigenvalue weighted by Crippen LogP contribution is 2.61. The second-order valence-electron chi connectivity index (χ2n) is 5.14. The Morgan fingerprint density at radius 3 is 1.45 bits per heavy atom. The molecule has 0 N–H and O–H groups in total. The van der Waals surface area contributed by atoms with Crippen molar-refractivity contribution in [2.75, 3.05) is 12.3 Å². The van der Waals surface area contributed by atoms with Crippen LogP contribution in [0.3, 0.4) is 0 Å². The van der Waals surface area contributed by atoms with Gasteiger partial charge in [-0.2, -0.15) is 65.9 Å². The summed E-state index contributed by atoms with van der Waals surface area (Å²) in [6.07, 6.45) is -10.4. The molecule has 0 spiro atoms. The zero-order valence-electron chi connectivity index (χ0n) is 13.1. The SMILES string of the molecule is O=C=NCCSC(F)(F)CC(F)(F)C(F)(F)C(F)(F)C(F)(F)C(F)(F)C(F)(F)F. The molecule has 29 heavy (non-hydrogen) atoms. The van der Waals surface area contributed by atoms with E-state index in [9.17, 15) is 70.7 Å². The van der Waals surface area contributed by atoms with Crippen LogP contribution in [0.15, 0.2) is 4.99 Å². The predicted octanol–water partition coefficient (Wildman–Crippen LogP) is 5.78. The zero-order chi connectivity index (χ0) is 23.7.